The molecule has 0 amide bonds. The van der Waals surface area contributed by atoms with E-state index in [1.165, 1.54) is 31.2 Å². The zero-order chi connectivity index (χ0) is 10.8. The van der Waals surface area contributed by atoms with Gasteiger partial charge in [0.05, 0.1) is 0 Å². The van der Waals surface area contributed by atoms with Gasteiger partial charge in [0.1, 0.15) is 17.6 Å². The SMILES string of the molecule is CC(F)(CN)[C@@H](O)c1ccc(F)cc1. The van der Waals surface area contributed by atoms with E-state index in [9.17, 15) is 13.9 Å². The van der Waals surface area contributed by atoms with Crippen LogP contribution in [0.5, 0.6) is 0 Å². The Balaban J connectivity index is 2.89. The van der Waals surface area contributed by atoms with Gasteiger partial charge >= 0.3 is 0 Å². The molecule has 3 N–H and O–H groups in total. The van der Waals surface area contributed by atoms with Crippen LogP contribution in [0.4, 0.5) is 8.78 Å². The number of benzene rings is 1. The smallest absolute Gasteiger partial charge is 0.150 e. The molecule has 0 aliphatic carbocycles. The minimum absolute atomic E-state index is 0.286. The lowest BCUT2D eigenvalue weighted by Gasteiger charge is -2.24. The maximum atomic E-state index is 13.5. The highest BCUT2D eigenvalue weighted by molar-refractivity contribution is 5.21. The molecule has 0 aliphatic heterocycles. The van der Waals surface area contributed by atoms with Crippen LogP contribution in [0.3, 0.4) is 0 Å². The number of alkyl halides is 1. The van der Waals surface area contributed by atoms with Crippen molar-refractivity contribution in [3.8, 4) is 0 Å². The minimum atomic E-state index is -1.89. The van der Waals surface area contributed by atoms with Crippen LogP contribution in [0, 0.1) is 5.82 Å². The summed E-state index contributed by atoms with van der Waals surface area (Å²) in [7, 11) is 0. The lowest BCUT2D eigenvalue weighted by molar-refractivity contribution is 0.00899. The van der Waals surface area contributed by atoms with E-state index in [1.54, 1.807) is 0 Å². The molecule has 0 heterocycles. The lowest BCUT2D eigenvalue weighted by Crippen LogP contribution is -2.36. The van der Waals surface area contributed by atoms with Gasteiger partial charge in [-0.15, -0.1) is 0 Å². The zero-order valence-electron chi connectivity index (χ0n) is 7.87. The van der Waals surface area contributed by atoms with Crippen LogP contribution in [0.2, 0.25) is 0 Å². The fourth-order valence-corrected chi connectivity index (χ4v) is 1.10. The third-order valence-electron chi connectivity index (χ3n) is 2.16. The molecule has 0 radical (unpaired) electrons. The van der Waals surface area contributed by atoms with Gasteiger partial charge in [-0.1, -0.05) is 12.1 Å². The summed E-state index contributed by atoms with van der Waals surface area (Å²) in [5, 5.41) is 9.56. The van der Waals surface area contributed by atoms with Crippen LogP contribution in [-0.4, -0.2) is 17.3 Å². The fourth-order valence-electron chi connectivity index (χ4n) is 1.10. The average molecular weight is 201 g/mol. The number of halogens is 2. The summed E-state index contributed by atoms with van der Waals surface area (Å²) < 4.78 is 26.1. The van der Waals surface area contributed by atoms with E-state index in [4.69, 9.17) is 5.73 Å². The van der Waals surface area contributed by atoms with E-state index in [0.29, 0.717) is 5.56 Å². The van der Waals surface area contributed by atoms with Crippen LogP contribution in [-0.2, 0) is 0 Å². The summed E-state index contributed by atoms with van der Waals surface area (Å²) in [4.78, 5) is 0. The van der Waals surface area contributed by atoms with Gasteiger partial charge in [0, 0.05) is 6.54 Å². The summed E-state index contributed by atoms with van der Waals surface area (Å²) in [6.07, 6.45) is -1.33. The highest BCUT2D eigenvalue weighted by Gasteiger charge is 2.32. The first-order chi connectivity index (χ1) is 6.47. The molecule has 2 atom stereocenters. The molecular weight excluding hydrogens is 188 g/mol. The molecule has 1 aromatic carbocycles. The molecule has 0 aromatic heterocycles. The maximum absolute atomic E-state index is 13.5. The molecule has 0 saturated carbocycles. The van der Waals surface area contributed by atoms with Crippen LogP contribution in [0.15, 0.2) is 24.3 Å². The molecule has 78 valence electrons. The molecule has 0 saturated heterocycles. The third kappa shape index (κ3) is 2.27. The van der Waals surface area contributed by atoms with Crippen molar-refractivity contribution < 1.29 is 13.9 Å². The summed E-state index contributed by atoms with van der Waals surface area (Å²) >= 11 is 0. The zero-order valence-corrected chi connectivity index (χ0v) is 7.87. The predicted octanol–water partition coefficient (Wildman–Crippen LogP) is 1.55. The van der Waals surface area contributed by atoms with Crippen molar-refractivity contribution >= 4 is 0 Å². The summed E-state index contributed by atoms with van der Waals surface area (Å²) in [6.45, 7) is 0.923. The first-order valence-electron chi connectivity index (χ1n) is 4.30. The number of rotatable bonds is 3. The Morgan fingerprint density at radius 1 is 1.43 bits per heavy atom. The Bertz CT molecular complexity index is 297. The van der Waals surface area contributed by atoms with Gasteiger partial charge in [-0.3, -0.25) is 0 Å². The van der Waals surface area contributed by atoms with Crippen molar-refractivity contribution in [1.29, 1.82) is 0 Å². The molecule has 1 unspecified atom stereocenters. The van der Waals surface area contributed by atoms with Crippen LogP contribution < -0.4 is 5.73 Å². The van der Waals surface area contributed by atoms with Crippen molar-refractivity contribution in [3.05, 3.63) is 35.6 Å². The molecule has 0 fully saturated rings. The third-order valence-corrected chi connectivity index (χ3v) is 2.16. The molecule has 4 heteroatoms. The Hall–Kier alpha value is -1.00. The van der Waals surface area contributed by atoms with Gasteiger partial charge in [0.25, 0.3) is 0 Å². The van der Waals surface area contributed by atoms with E-state index in [1.807, 2.05) is 0 Å². The van der Waals surface area contributed by atoms with E-state index in [2.05, 4.69) is 0 Å². The molecule has 14 heavy (non-hydrogen) atoms. The first-order valence-corrected chi connectivity index (χ1v) is 4.30. The Labute approximate surface area is 81.4 Å². The average Bonchev–Trinajstić information content (AvgIpc) is 2.18. The highest BCUT2D eigenvalue weighted by Crippen LogP contribution is 2.28. The van der Waals surface area contributed by atoms with Crippen molar-refractivity contribution in [2.45, 2.75) is 18.7 Å². The maximum Gasteiger partial charge on any atom is 0.150 e. The van der Waals surface area contributed by atoms with Gasteiger partial charge < -0.3 is 10.8 Å². The van der Waals surface area contributed by atoms with Crippen molar-refractivity contribution in [3.63, 3.8) is 0 Å². The van der Waals surface area contributed by atoms with Crippen molar-refractivity contribution in [1.82, 2.24) is 0 Å². The number of hydrogen-bond acceptors (Lipinski definition) is 2. The summed E-state index contributed by atoms with van der Waals surface area (Å²) in [5.74, 6) is -0.422. The number of nitrogens with two attached hydrogens (primary N) is 1. The predicted molar refractivity (Wildman–Crippen MR) is 49.9 cm³/mol. The van der Waals surface area contributed by atoms with E-state index in [-0.39, 0.29) is 6.54 Å². The molecule has 1 rings (SSSR count). The molecule has 2 nitrogen and oxygen atoms in total. The lowest BCUT2D eigenvalue weighted by atomic mass is 9.95. The summed E-state index contributed by atoms with van der Waals surface area (Å²) in [5.41, 5.74) is 3.60. The standard InChI is InChI=1S/C10H13F2NO/c1-10(12,6-13)9(14)7-2-4-8(11)5-3-7/h2-5,9,14H,6,13H2,1H3/t9-,10?/m0/s1. The fraction of sp³-hybridized carbons (Fsp3) is 0.400. The molecular formula is C10H13F2NO. The van der Waals surface area contributed by atoms with Crippen molar-refractivity contribution in [2.75, 3.05) is 6.54 Å². The Morgan fingerprint density at radius 2 is 1.93 bits per heavy atom. The highest BCUT2D eigenvalue weighted by atomic mass is 19.1. The molecule has 0 bridgehead atoms. The van der Waals surface area contributed by atoms with Crippen LogP contribution in [0.1, 0.15) is 18.6 Å². The second kappa shape index (κ2) is 4.02. The van der Waals surface area contributed by atoms with Gasteiger partial charge in [0.2, 0.25) is 0 Å². The van der Waals surface area contributed by atoms with E-state index < -0.39 is 17.6 Å². The second-order valence-corrected chi connectivity index (χ2v) is 3.44. The van der Waals surface area contributed by atoms with Gasteiger partial charge in [-0.25, -0.2) is 8.78 Å². The first kappa shape index (κ1) is 11.1. The van der Waals surface area contributed by atoms with Gasteiger partial charge in [-0.05, 0) is 24.6 Å². The molecule has 1 aromatic rings. The van der Waals surface area contributed by atoms with Crippen LogP contribution in [0.25, 0.3) is 0 Å². The molecule has 0 aliphatic rings. The normalized spacial score (nSPS) is 17.5. The number of aliphatic hydroxyl groups is 1. The largest absolute Gasteiger partial charge is 0.385 e. The monoisotopic (exact) mass is 201 g/mol. The quantitative estimate of drug-likeness (QED) is 0.779. The number of aliphatic hydroxyl groups excluding tert-OH is 1. The summed E-state index contributed by atoms with van der Waals surface area (Å²) in [6, 6.07) is 5.03. The molecule has 0 spiro atoms. The minimum Gasteiger partial charge on any atom is -0.385 e. The van der Waals surface area contributed by atoms with Crippen LogP contribution >= 0.6 is 0 Å². The van der Waals surface area contributed by atoms with E-state index >= 15 is 0 Å². The Kier molecular flexibility index (Phi) is 3.18. The van der Waals surface area contributed by atoms with Gasteiger partial charge in [0.15, 0.2) is 0 Å². The van der Waals surface area contributed by atoms with Gasteiger partial charge in [-0.2, -0.15) is 0 Å². The second-order valence-electron chi connectivity index (χ2n) is 3.44. The van der Waals surface area contributed by atoms with Crippen molar-refractivity contribution in [2.24, 2.45) is 5.73 Å². The Morgan fingerprint density at radius 3 is 2.36 bits per heavy atom. The topological polar surface area (TPSA) is 46.2 Å². The number of hydrogen-bond donors (Lipinski definition) is 2. The van der Waals surface area contributed by atoms with E-state index in [0.717, 1.165) is 0 Å².